The smallest absolute Gasteiger partial charge is 0.433 e. The van der Waals surface area contributed by atoms with E-state index in [0.717, 1.165) is 12.6 Å². The Bertz CT molecular complexity index is 1310. The third kappa shape index (κ3) is 4.32. The first-order valence-electron chi connectivity index (χ1n) is 10.6. The van der Waals surface area contributed by atoms with Gasteiger partial charge in [0.25, 0.3) is 5.91 Å². The minimum Gasteiger partial charge on any atom is -0.463 e. The number of aromatic nitrogens is 3. The quantitative estimate of drug-likeness (QED) is 0.379. The fourth-order valence-corrected chi connectivity index (χ4v) is 4.49. The monoisotopic (exact) mass is 533 g/mol. The third-order valence-electron chi connectivity index (χ3n) is 5.71. The van der Waals surface area contributed by atoms with E-state index in [4.69, 9.17) is 4.42 Å². The Kier molecular flexibility index (Phi) is 5.90. The number of piperazine rings is 1. The average molecular weight is 534 g/mol. The van der Waals surface area contributed by atoms with Gasteiger partial charge in [0, 0.05) is 32.7 Å². The van der Waals surface area contributed by atoms with Crippen molar-refractivity contribution >= 4 is 27.5 Å². The van der Waals surface area contributed by atoms with Crippen LogP contribution in [0.2, 0.25) is 0 Å². The highest BCUT2D eigenvalue weighted by Gasteiger charge is 2.37. The first kappa shape index (κ1) is 22.6. The highest BCUT2D eigenvalue weighted by atomic mass is 79.9. The van der Waals surface area contributed by atoms with Crippen LogP contribution < -0.4 is 0 Å². The molecule has 176 valence electrons. The Morgan fingerprint density at radius 3 is 2.44 bits per heavy atom. The maximum Gasteiger partial charge on any atom is 0.433 e. The van der Waals surface area contributed by atoms with Crippen LogP contribution in [0.25, 0.3) is 17.1 Å². The summed E-state index contributed by atoms with van der Waals surface area (Å²) in [5, 5.41) is 4.01. The Morgan fingerprint density at radius 1 is 1.06 bits per heavy atom. The topological polar surface area (TPSA) is 66.9 Å². The number of benzene rings is 1. The molecule has 0 saturated carbocycles. The van der Waals surface area contributed by atoms with E-state index in [9.17, 15) is 18.0 Å². The Hall–Kier alpha value is -3.18. The molecule has 11 heteroatoms. The molecular weight excluding hydrogens is 515 g/mol. The summed E-state index contributed by atoms with van der Waals surface area (Å²) in [6, 6.07) is 14.0. The van der Waals surface area contributed by atoms with E-state index in [-0.39, 0.29) is 27.3 Å². The van der Waals surface area contributed by atoms with Crippen molar-refractivity contribution in [2.24, 2.45) is 0 Å². The van der Waals surface area contributed by atoms with Gasteiger partial charge in [-0.1, -0.05) is 30.3 Å². The van der Waals surface area contributed by atoms with Gasteiger partial charge in [0.15, 0.2) is 22.8 Å². The maximum atomic E-state index is 13.8. The molecule has 1 fully saturated rings. The van der Waals surface area contributed by atoms with Crippen molar-refractivity contribution in [1.82, 2.24) is 24.4 Å². The maximum absolute atomic E-state index is 13.8. The van der Waals surface area contributed by atoms with E-state index in [1.54, 1.807) is 11.0 Å². The van der Waals surface area contributed by atoms with E-state index in [1.165, 1.54) is 17.9 Å². The Balaban J connectivity index is 1.41. The highest BCUT2D eigenvalue weighted by Crippen LogP contribution is 2.35. The molecule has 4 heterocycles. The molecule has 5 rings (SSSR count). The number of furan rings is 1. The van der Waals surface area contributed by atoms with E-state index >= 15 is 0 Å². The van der Waals surface area contributed by atoms with Crippen LogP contribution in [0, 0.1) is 0 Å². The van der Waals surface area contributed by atoms with Gasteiger partial charge in [0.1, 0.15) is 5.69 Å². The molecule has 0 N–H and O–H groups in total. The van der Waals surface area contributed by atoms with Crippen LogP contribution in [0.1, 0.15) is 21.7 Å². The number of amides is 1. The summed E-state index contributed by atoms with van der Waals surface area (Å²) in [6.07, 6.45) is -3.36. The van der Waals surface area contributed by atoms with Gasteiger partial charge in [-0.2, -0.15) is 18.3 Å². The molecule has 1 aliphatic rings. The van der Waals surface area contributed by atoms with Gasteiger partial charge in [-0.25, -0.2) is 9.50 Å². The molecule has 0 atom stereocenters. The molecular formula is C23H19BrF3N5O2. The SMILES string of the molecule is O=C(c1nn2c(C(F)(F)F)cc(-c3ccco3)nc2c1Br)N1CCN(Cc2ccccc2)CC1. The molecule has 7 nitrogen and oxygen atoms in total. The lowest BCUT2D eigenvalue weighted by Crippen LogP contribution is -2.48. The zero-order valence-electron chi connectivity index (χ0n) is 17.8. The van der Waals surface area contributed by atoms with Crippen LogP contribution in [0.5, 0.6) is 0 Å². The summed E-state index contributed by atoms with van der Waals surface area (Å²) in [5.41, 5.74) is -0.0721. The molecule has 1 aliphatic heterocycles. The van der Waals surface area contributed by atoms with Crippen LogP contribution >= 0.6 is 15.9 Å². The summed E-state index contributed by atoms with van der Waals surface area (Å²) in [6.45, 7) is 2.97. The summed E-state index contributed by atoms with van der Waals surface area (Å²) >= 11 is 3.27. The molecule has 0 radical (unpaired) electrons. The van der Waals surface area contributed by atoms with Gasteiger partial charge < -0.3 is 9.32 Å². The van der Waals surface area contributed by atoms with Crippen molar-refractivity contribution in [3.63, 3.8) is 0 Å². The van der Waals surface area contributed by atoms with Gasteiger partial charge >= 0.3 is 6.18 Å². The van der Waals surface area contributed by atoms with Crippen molar-refractivity contribution in [2.45, 2.75) is 12.7 Å². The number of carbonyl (C=O) groups excluding carboxylic acids is 1. The summed E-state index contributed by atoms with van der Waals surface area (Å²) in [5.74, 6) is -0.257. The molecule has 1 aromatic carbocycles. The van der Waals surface area contributed by atoms with Crippen LogP contribution in [0.3, 0.4) is 0 Å². The normalized spacial score (nSPS) is 15.2. The average Bonchev–Trinajstić information content (AvgIpc) is 3.47. The van der Waals surface area contributed by atoms with Crippen molar-refractivity contribution in [3.8, 4) is 11.5 Å². The first-order valence-corrected chi connectivity index (χ1v) is 11.4. The van der Waals surface area contributed by atoms with E-state index < -0.39 is 17.8 Å². The number of hydrogen-bond acceptors (Lipinski definition) is 5. The van der Waals surface area contributed by atoms with E-state index in [2.05, 4.69) is 30.9 Å². The van der Waals surface area contributed by atoms with Crippen molar-refractivity contribution in [3.05, 3.63) is 76.2 Å². The zero-order valence-corrected chi connectivity index (χ0v) is 19.4. The van der Waals surface area contributed by atoms with Crippen LogP contribution in [-0.4, -0.2) is 56.5 Å². The number of nitrogens with zero attached hydrogens (tertiary/aromatic N) is 5. The van der Waals surface area contributed by atoms with Crippen molar-refractivity contribution in [1.29, 1.82) is 0 Å². The molecule has 4 aromatic rings. The van der Waals surface area contributed by atoms with Gasteiger partial charge in [-0.3, -0.25) is 9.69 Å². The van der Waals surface area contributed by atoms with E-state index in [0.29, 0.717) is 30.7 Å². The van der Waals surface area contributed by atoms with Crippen LogP contribution in [0.15, 0.2) is 63.7 Å². The second-order valence-electron chi connectivity index (χ2n) is 7.95. The van der Waals surface area contributed by atoms with Crippen molar-refractivity contribution < 1.29 is 22.4 Å². The summed E-state index contributed by atoms with van der Waals surface area (Å²) in [4.78, 5) is 21.3. The Morgan fingerprint density at radius 2 is 1.79 bits per heavy atom. The zero-order chi connectivity index (χ0) is 23.9. The van der Waals surface area contributed by atoms with E-state index in [1.807, 2.05) is 30.3 Å². The Labute approximate surface area is 200 Å². The number of alkyl halides is 3. The van der Waals surface area contributed by atoms with Gasteiger partial charge in [-0.05, 0) is 39.7 Å². The fraction of sp³-hybridized carbons (Fsp3) is 0.261. The fourth-order valence-electron chi connectivity index (χ4n) is 3.98. The molecule has 3 aromatic heterocycles. The molecule has 34 heavy (non-hydrogen) atoms. The van der Waals surface area contributed by atoms with Gasteiger partial charge in [0.05, 0.1) is 10.7 Å². The second-order valence-corrected chi connectivity index (χ2v) is 8.75. The van der Waals surface area contributed by atoms with Crippen molar-refractivity contribution in [2.75, 3.05) is 26.2 Å². The number of halogens is 4. The predicted octanol–water partition coefficient (Wildman–Crippen LogP) is 4.73. The molecule has 0 unspecified atom stereocenters. The van der Waals surface area contributed by atoms with Gasteiger partial charge in [-0.15, -0.1) is 0 Å². The summed E-state index contributed by atoms with van der Waals surface area (Å²) in [7, 11) is 0. The molecule has 0 spiro atoms. The predicted molar refractivity (Wildman–Crippen MR) is 121 cm³/mol. The molecule has 0 aliphatic carbocycles. The lowest BCUT2D eigenvalue weighted by atomic mass is 10.2. The molecule has 1 saturated heterocycles. The minimum atomic E-state index is -4.71. The highest BCUT2D eigenvalue weighted by molar-refractivity contribution is 9.10. The minimum absolute atomic E-state index is 0.000972. The van der Waals surface area contributed by atoms with Crippen LogP contribution in [0.4, 0.5) is 13.2 Å². The largest absolute Gasteiger partial charge is 0.463 e. The number of hydrogen-bond donors (Lipinski definition) is 0. The second kappa shape index (κ2) is 8.88. The lowest BCUT2D eigenvalue weighted by Gasteiger charge is -2.34. The number of fused-ring (bicyclic) bond motifs is 1. The lowest BCUT2D eigenvalue weighted by molar-refractivity contribution is -0.142. The molecule has 0 bridgehead atoms. The summed E-state index contributed by atoms with van der Waals surface area (Å²) < 4.78 is 47.5. The number of carbonyl (C=O) groups is 1. The molecule has 1 amide bonds. The standard InChI is InChI=1S/C23H19BrF3N5O2/c24-19-20(22(33)31-10-8-30(9-11-31)14-15-5-2-1-3-6-15)29-32-18(23(25,26)27)13-16(28-21(19)32)17-7-4-12-34-17/h1-7,12-13H,8-11,14H2. The van der Waals surface area contributed by atoms with Gasteiger partial charge in [0.2, 0.25) is 0 Å². The number of rotatable bonds is 4. The first-order chi connectivity index (χ1) is 16.3. The third-order valence-corrected chi connectivity index (χ3v) is 6.44. The van der Waals surface area contributed by atoms with Crippen LogP contribution in [-0.2, 0) is 12.7 Å².